The highest BCUT2D eigenvalue weighted by Gasteiger charge is 2.30. The number of aliphatic imine (C=N–C) groups is 1. The van der Waals surface area contributed by atoms with Gasteiger partial charge in [0.05, 0.1) is 6.54 Å². The molecule has 3 fully saturated rings. The Labute approximate surface area is 125 Å². The van der Waals surface area contributed by atoms with Crippen LogP contribution in [-0.2, 0) is 0 Å². The molecule has 3 nitrogen and oxygen atoms in total. The van der Waals surface area contributed by atoms with Crippen molar-refractivity contribution in [2.24, 2.45) is 10.9 Å². The van der Waals surface area contributed by atoms with Gasteiger partial charge in [0.25, 0.3) is 0 Å². The van der Waals surface area contributed by atoms with Crippen LogP contribution in [0.25, 0.3) is 0 Å². The van der Waals surface area contributed by atoms with E-state index < -0.39 is 0 Å². The average molecular weight is 300 g/mol. The summed E-state index contributed by atoms with van der Waals surface area (Å²) in [5.74, 6) is 4.79. The van der Waals surface area contributed by atoms with Gasteiger partial charge in [-0.1, -0.05) is 24.6 Å². The van der Waals surface area contributed by atoms with E-state index in [0.717, 1.165) is 25.0 Å². The van der Waals surface area contributed by atoms with E-state index in [2.05, 4.69) is 22.0 Å². The number of thioether (sulfide) groups is 2. The van der Waals surface area contributed by atoms with Crippen molar-refractivity contribution >= 4 is 28.7 Å². The Morgan fingerprint density at radius 2 is 2.05 bits per heavy atom. The molecular weight excluding hydrogens is 274 g/mol. The van der Waals surface area contributed by atoms with Gasteiger partial charge in [-0.15, -0.1) is 0 Å². The number of hydrogen-bond donors (Lipinski definition) is 1. The average Bonchev–Trinajstić information content (AvgIpc) is 2.48. The number of hydrogen-bond acceptors (Lipinski definition) is 4. The van der Waals surface area contributed by atoms with Crippen LogP contribution in [0.4, 0.5) is 0 Å². The van der Waals surface area contributed by atoms with Gasteiger partial charge in [-0.3, -0.25) is 9.89 Å². The molecule has 0 aromatic heterocycles. The van der Waals surface area contributed by atoms with Crippen LogP contribution in [0, 0.1) is 5.92 Å². The normalized spacial score (nSPS) is 34.8. The van der Waals surface area contributed by atoms with Crippen LogP contribution in [0.1, 0.15) is 25.7 Å². The molecule has 2 unspecified atom stereocenters. The topological polar surface area (TPSA) is 27.6 Å². The molecule has 5 heteroatoms. The van der Waals surface area contributed by atoms with Crippen molar-refractivity contribution in [2.75, 3.05) is 43.4 Å². The van der Waals surface area contributed by atoms with Gasteiger partial charge < -0.3 is 5.32 Å². The van der Waals surface area contributed by atoms with Crippen molar-refractivity contribution in [3.05, 3.63) is 0 Å². The maximum absolute atomic E-state index is 4.79. The van der Waals surface area contributed by atoms with Gasteiger partial charge in [0, 0.05) is 42.9 Å². The maximum atomic E-state index is 4.79. The number of fused-ring (bicyclic) bond motifs is 1. The highest BCUT2D eigenvalue weighted by molar-refractivity contribution is 8.13. The zero-order valence-corrected chi connectivity index (χ0v) is 13.3. The summed E-state index contributed by atoms with van der Waals surface area (Å²) in [6.45, 7) is 4.61. The van der Waals surface area contributed by atoms with E-state index in [1.807, 2.05) is 11.8 Å². The van der Waals surface area contributed by atoms with E-state index in [9.17, 15) is 0 Å². The molecule has 2 atom stereocenters. The van der Waals surface area contributed by atoms with E-state index in [1.165, 1.54) is 61.2 Å². The number of nitrogens with one attached hydrogen (secondary N) is 1. The van der Waals surface area contributed by atoms with E-state index in [0.29, 0.717) is 0 Å². The molecule has 3 rings (SSSR count). The fourth-order valence-electron chi connectivity index (χ4n) is 3.19. The molecule has 0 amide bonds. The van der Waals surface area contributed by atoms with Crippen molar-refractivity contribution in [1.82, 2.24) is 10.2 Å². The van der Waals surface area contributed by atoms with Gasteiger partial charge in [0.15, 0.2) is 5.17 Å². The number of rotatable bonds is 3. The van der Waals surface area contributed by atoms with Gasteiger partial charge >= 0.3 is 0 Å². The van der Waals surface area contributed by atoms with Crippen LogP contribution >= 0.6 is 23.5 Å². The molecule has 108 valence electrons. The van der Waals surface area contributed by atoms with E-state index in [-0.39, 0.29) is 0 Å². The molecule has 19 heavy (non-hydrogen) atoms. The van der Waals surface area contributed by atoms with Gasteiger partial charge in [-0.25, -0.2) is 0 Å². The van der Waals surface area contributed by atoms with Crippen molar-refractivity contribution < 1.29 is 0 Å². The Hall–Kier alpha value is 0.130. The molecule has 0 aromatic rings. The van der Waals surface area contributed by atoms with Crippen LogP contribution in [0.2, 0.25) is 0 Å². The minimum Gasteiger partial charge on any atom is -0.362 e. The first kappa shape index (κ1) is 14.1. The molecule has 2 saturated heterocycles. The van der Waals surface area contributed by atoms with E-state index in [4.69, 9.17) is 4.99 Å². The second kappa shape index (κ2) is 7.23. The number of amidine groups is 1. The molecule has 0 radical (unpaired) electrons. The van der Waals surface area contributed by atoms with Crippen LogP contribution in [0.5, 0.6) is 0 Å². The minimum atomic E-state index is 0.722. The Balaban J connectivity index is 1.42. The highest BCUT2D eigenvalue weighted by atomic mass is 32.2. The SMILES string of the molecule is C1CCC2NC(=NCCN3CCSCC3)SCC2C1. The van der Waals surface area contributed by atoms with E-state index in [1.54, 1.807) is 0 Å². The summed E-state index contributed by atoms with van der Waals surface area (Å²) < 4.78 is 0. The summed E-state index contributed by atoms with van der Waals surface area (Å²) in [5.41, 5.74) is 0. The van der Waals surface area contributed by atoms with Gasteiger partial charge in [-0.05, 0) is 18.8 Å². The minimum absolute atomic E-state index is 0.722. The third kappa shape index (κ3) is 4.05. The van der Waals surface area contributed by atoms with Crippen molar-refractivity contribution in [2.45, 2.75) is 31.7 Å². The summed E-state index contributed by atoms with van der Waals surface area (Å²) in [7, 11) is 0. The lowest BCUT2D eigenvalue weighted by Gasteiger charge is -2.37. The molecule has 2 aliphatic heterocycles. The smallest absolute Gasteiger partial charge is 0.156 e. The Morgan fingerprint density at radius 1 is 1.21 bits per heavy atom. The predicted molar refractivity (Wildman–Crippen MR) is 87.4 cm³/mol. The zero-order chi connectivity index (χ0) is 12.9. The lowest BCUT2D eigenvalue weighted by atomic mass is 9.86. The Kier molecular flexibility index (Phi) is 5.36. The first-order valence-electron chi connectivity index (χ1n) is 7.66. The molecule has 1 N–H and O–H groups in total. The van der Waals surface area contributed by atoms with Crippen LogP contribution in [-0.4, -0.2) is 59.5 Å². The number of nitrogens with zero attached hydrogens (tertiary/aromatic N) is 2. The molecule has 1 saturated carbocycles. The first-order valence-corrected chi connectivity index (χ1v) is 9.80. The van der Waals surface area contributed by atoms with E-state index >= 15 is 0 Å². The van der Waals surface area contributed by atoms with Crippen LogP contribution in [0.3, 0.4) is 0 Å². The van der Waals surface area contributed by atoms with Crippen molar-refractivity contribution in [1.29, 1.82) is 0 Å². The van der Waals surface area contributed by atoms with Crippen LogP contribution < -0.4 is 5.32 Å². The molecule has 1 aliphatic carbocycles. The molecule has 2 heterocycles. The summed E-state index contributed by atoms with van der Waals surface area (Å²) >= 11 is 4.03. The van der Waals surface area contributed by atoms with Gasteiger partial charge in [0.1, 0.15) is 0 Å². The largest absolute Gasteiger partial charge is 0.362 e. The van der Waals surface area contributed by atoms with Crippen LogP contribution in [0.15, 0.2) is 4.99 Å². The lowest BCUT2D eigenvalue weighted by Crippen LogP contribution is -2.46. The van der Waals surface area contributed by atoms with Gasteiger partial charge in [0.2, 0.25) is 0 Å². The Bertz CT molecular complexity index is 316. The summed E-state index contributed by atoms with van der Waals surface area (Å²) in [6, 6.07) is 0.722. The molecule has 0 spiro atoms. The summed E-state index contributed by atoms with van der Waals surface area (Å²) in [4.78, 5) is 7.34. The summed E-state index contributed by atoms with van der Waals surface area (Å²) in [6.07, 6.45) is 5.61. The molecular formula is C14H25N3S2. The quantitative estimate of drug-likeness (QED) is 0.865. The summed E-state index contributed by atoms with van der Waals surface area (Å²) in [5, 5.41) is 4.90. The van der Waals surface area contributed by atoms with Crippen molar-refractivity contribution in [3.8, 4) is 0 Å². The maximum Gasteiger partial charge on any atom is 0.156 e. The second-order valence-corrected chi connectivity index (χ2v) is 7.98. The highest BCUT2D eigenvalue weighted by Crippen LogP contribution is 2.31. The molecule has 3 aliphatic rings. The molecule has 0 bridgehead atoms. The Morgan fingerprint density at radius 3 is 2.95 bits per heavy atom. The lowest BCUT2D eigenvalue weighted by molar-refractivity contribution is 0.307. The van der Waals surface area contributed by atoms with Crippen molar-refractivity contribution in [3.63, 3.8) is 0 Å². The second-order valence-electron chi connectivity index (χ2n) is 5.75. The van der Waals surface area contributed by atoms with Gasteiger partial charge in [-0.2, -0.15) is 11.8 Å². The standard InChI is InChI=1S/C14H25N3S2/c1-2-4-13-12(3-1)11-19-14(16-13)15-5-6-17-7-9-18-10-8-17/h12-13H,1-11H2,(H,15,16). The third-order valence-corrected chi connectivity index (χ3v) is 6.49. The fraction of sp³-hybridized carbons (Fsp3) is 0.929. The monoisotopic (exact) mass is 299 g/mol. The molecule has 0 aromatic carbocycles. The first-order chi connectivity index (χ1) is 9.42. The predicted octanol–water partition coefficient (Wildman–Crippen LogP) is 2.29. The fourth-order valence-corrected chi connectivity index (χ4v) is 5.36. The zero-order valence-electron chi connectivity index (χ0n) is 11.6. The third-order valence-electron chi connectivity index (χ3n) is 4.43.